The molecule has 15 heavy (non-hydrogen) atoms. The first kappa shape index (κ1) is 14.3. The van der Waals surface area contributed by atoms with E-state index in [1.165, 1.54) is 12.1 Å². The van der Waals surface area contributed by atoms with Crippen molar-refractivity contribution in [3.63, 3.8) is 0 Å². The molecule has 0 atom stereocenters. The summed E-state index contributed by atoms with van der Waals surface area (Å²) < 4.78 is 36.4. The number of halogens is 2. The predicted molar refractivity (Wildman–Crippen MR) is 57.9 cm³/mol. The van der Waals surface area contributed by atoms with Gasteiger partial charge in [0.25, 0.3) is 10.1 Å². The van der Waals surface area contributed by atoms with Crippen molar-refractivity contribution in [1.29, 1.82) is 0 Å². The van der Waals surface area contributed by atoms with Gasteiger partial charge in [-0.05, 0) is 19.1 Å². The molecule has 0 amide bonds. The molecule has 0 saturated carbocycles. The normalized spacial score (nSPS) is 10.4. The van der Waals surface area contributed by atoms with Crippen LogP contribution in [0.25, 0.3) is 0 Å². The molecule has 0 saturated heterocycles. The minimum absolute atomic E-state index is 0.174. The SMILES string of the molecule is CCOS(C)(=O)=O.Fc1ccccc1Cl. The molecule has 0 bridgehead atoms. The van der Waals surface area contributed by atoms with Crippen molar-refractivity contribution in [3.05, 3.63) is 35.1 Å². The Balaban J connectivity index is 0.000000265. The van der Waals surface area contributed by atoms with Gasteiger partial charge in [0.15, 0.2) is 0 Å². The average molecular weight is 255 g/mol. The van der Waals surface area contributed by atoms with Gasteiger partial charge in [-0.1, -0.05) is 23.7 Å². The topological polar surface area (TPSA) is 43.4 Å². The summed E-state index contributed by atoms with van der Waals surface area (Å²) in [5.41, 5.74) is 0. The molecule has 0 heterocycles. The fourth-order valence-electron chi connectivity index (χ4n) is 0.653. The minimum Gasteiger partial charge on any atom is -0.271 e. The van der Waals surface area contributed by atoms with Crippen molar-refractivity contribution in [2.45, 2.75) is 6.92 Å². The van der Waals surface area contributed by atoms with Crippen LogP contribution in [0.15, 0.2) is 24.3 Å². The van der Waals surface area contributed by atoms with E-state index in [0.29, 0.717) is 0 Å². The van der Waals surface area contributed by atoms with Gasteiger partial charge in [0.05, 0.1) is 17.9 Å². The summed E-state index contributed by atoms with van der Waals surface area (Å²) >= 11 is 5.33. The van der Waals surface area contributed by atoms with Gasteiger partial charge in [-0.2, -0.15) is 8.42 Å². The van der Waals surface area contributed by atoms with Crippen LogP contribution in [0.2, 0.25) is 5.02 Å². The number of rotatable bonds is 2. The first-order valence-electron chi connectivity index (χ1n) is 4.11. The van der Waals surface area contributed by atoms with Crippen LogP contribution < -0.4 is 0 Å². The first-order chi connectivity index (χ1) is 6.87. The molecule has 0 aromatic heterocycles. The molecular formula is C9H12ClFO3S. The largest absolute Gasteiger partial charge is 0.271 e. The summed E-state index contributed by atoms with van der Waals surface area (Å²) in [5, 5.41) is 0.174. The van der Waals surface area contributed by atoms with Gasteiger partial charge in [-0.15, -0.1) is 0 Å². The van der Waals surface area contributed by atoms with Gasteiger partial charge in [0, 0.05) is 0 Å². The lowest BCUT2D eigenvalue weighted by atomic mass is 10.4. The molecule has 0 spiro atoms. The highest BCUT2D eigenvalue weighted by molar-refractivity contribution is 7.85. The highest BCUT2D eigenvalue weighted by Crippen LogP contribution is 2.11. The van der Waals surface area contributed by atoms with Crippen LogP contribution in [0, 0.1) is 5.82 Å². The second kappa shape index (κ2) is 6.76. The molecule has 3 nitrogen and oxygen atoms in total. The van der Waals surface area contributed by atoms with E-state index in [9.17, 15) is 12.8 Å². The third kappa shape index (κ3) is 8.35. The summed E-state index contributed by atoms with van der Waals surface area (Å²) in [6.07, 6.45) is 1.02. The van der Waals surface area contributed by atoms with E-state index >= 15 is 0 Å². The maximum Gasteiger partial charge on any atom is 0.264 e. The Morgan fingerprint density at radius 3 is 2.13 bits per heavy atom. The fourth-order valence-corrected chi connectivity index (χ4v) is 1.22. The number of hydrogen-bond acceptors (Lipinski definition) is 3. The van der Waals surface area contributed by atoms with Crippen molar-refractivity contribution in [2.75, 3.05) is 12.9 Å². The standard InChI is InChI=1S/C6H4ClF.C3H8O3S/c7-5-3-1-2-4-6(5)8;1-3-6-7(2,4)5/h1-4H;3H2,1-2H3. The smallest absolute Gasteiger partial charge is 0.264 e. The Hall–Kier alpha value is -0.650. The quantitative estimate of drug-likeness (QED) is 0.762. The van der Waals surface area contributed by atoms with Crippen molar-refractivity contribution in [1.82, 2.24) is 0 Å². The predicted octanol–water partition coefficient (Wildman–Crippen LogP) is 2.46. The second-order valence-electron chi connectivity index (χ2n) is 2.52. The highest BCUT2D eigenvalue weighted by Gasteiger charge is 1.94. The summed E-state index contributed by atoms with van der Waals surface area (Å²) in [5.74, 6) is -0.367. The van der Waals surface area contributed by atoms with Crippen LogP contribution in [-0.2, 0) is 14.3 Å². The Kier molecular flexibility index (Phi) is 6.47. The zero-order valence-corrected chi connectivity index (χ0v) is 9.98. The molecule has 0 unspecified atom stereocenters. The van der Waals surface area contributed by atoms with Crippen LogP contribution in [0.4, 0.5) is 4.39 Å². The third-order valence-corrected chi connectivity index (χ3v) is 2.13. The minimum atomic E-state index is -3.17. The maximum absolute atomic E-state index is 12.2. The van der Waals surface area contributed by atoms with E-state index < -0.39 is 10.1 Å². The molecule has 1 aromatic carbocycles. The zero-order valence-electron chi connectivity index (χ0n) is 8.41. The van der Waals surface area contributed by atoms with E-state index in [1.807, 2.05) is 0 Å². The average Bonchev–Trinajstić information content (AvgIpc) is 2.09. The molecule has 0 aliphatic rings. The van der Waals surface area contributed by atoms with Crippen molar-refractivity contribution in [3.8, 4) is 0 Å². The summed E-state index contributed by atoms with van der Waals surface area (Å²) in [7, 11) is -3.17. The van der Waals surface area contributed by atoms with Crippen molar-refractivity contribution in [2.24, 2.45) is 0 Å². The molecule has 0 fully saturated rings. The van der Waals surface area contributed by atoms with E-state index in [-0.39, 0.29) is 17.4 Å². The van der Waals surface area contributed by atoms with E-state index in [2.05, 4.69) is 4.18 Å². The Morgan fingerprint density at radius 2 is 1.93 bits per heavy atom. The van der Waals surface area contributed by atoms with E-state index in [0.717, 1.165) is 6.26 Å². The molecule has 0 N–H and O–H groups in total. The molecule has 0 aliphatic carbocycles. The van der Waals surface area contributed by atoms with Crippen molar-refractivity contribution >= 4 is 21.7 Å². The van der Waals surface area contributed by atoms with Crippen LogP contribution in [0.5, 0.6) is 0 Å². The van der Waals surface area contributed by atoms with Gasteiger partial charge in [-0.3, -0.25) is 4.18 Å². The van der Waals surface area contributed by atoms with Crippen LogP contribution in [0.3, 0.4) is 0 Å². The van der Waals surface area contributed by atoms with Gasteiger partial charge < -0.3 is 0 Å². The lowest BCUT2D eigenvalue weighted by molar-refractivity contribution is 0.342. The first-order valence-corrected chi connectivity index (χ1v) is 6.30. The Bertz CT molecular complexity index is 371. The lowest BCUT2D eigenvalue weighted by Gasteiger charge is -1.90. The summed E-state index contributed by atoms with van der Waals surface area (Å²) in [6.45, 7) is 1.85. The number of benzene rings is 1. The van der Waals surface area contributed by atoms with Crippen molar-refractivity contribution < 1.29 is 17.0 Å². The van der Waals surface area contributed by atoms with Crippen LogP contribution >= 0.6 is 11.6 Å². The molecule has 0 radical (unpaired) electrons. The fraction of sp³-hybridized carbons (Fsp3) is 0.333. The molecule has 0 aliphatic heterocycles. The highest BCUT2D eigenvalue weighted by atomic mass is 35.5. The summed E-state index contributed by atoms with van der Waals surface area (Å²) in [6, 6.07) is 6.12. The number of hydrogen-bond donors (Lipinski definition) is 0. The van der Waals surface area contributed by atoms with Gasteiger partial charge in [-0.25, -0.2) is 4.39 Å². The van der Waals surface area contributed by atoms with Gasteiger partial charge in [0.2, 0.25) is 0 Å². The van der Waals surface area contributed by atoms with E-state index in [4.69, 9.17) is 11.6 Å². The Labute approximate surface area is 93.9 Å². The monoisotopic (exact) mass is 254 g/mol. The molecule has 6 heteroatoms. The van der Waals surface area contributed by atoms with Gasteiger partial charge >= 0.3 is 0 Å². The van der Waals surface area contributed by atoms with Crippen LogP contribution in [-0.4, -0.2) is 21.3 Å². The maximum atomic E-state index is 12.2. The summed E-state index contributed by atoms with van der Waals surface area (Å²) in [4.78, 5) is 0. The molecule has 1 aromatic rings. The molecule has 1 rings (SSSR count). The lowest BCUT2D eigenvalue weighted by Crippen LogP contribution is -2.00. The van der Waals surface area contributed by atoms with Gasteiger partial charge in [0.1, 0.15) is 5.82 Å². The Morgan fingerprint density at radius 1 is 1.40 bits per heavy atom. The van der Waals surface area contributed by atoms with Crippen LogP contribution in [0.1, 0.15) is 6.92 Å². The molecular weight excluding hydrogens is 243 g/mol. The molecule has 86 valence electrons. The van der Waals surface area contributed by atoms with E-state index in [1.54, 1.807) is 19.1 Å². The third-order valence-electron chi connectivity index (χ3n) is 1.16. The zero-order chi connectivity index (χ0) is 11.9. The second-order valence-corrected chi connectivity index (χ2v) is 4.58.